The minimum atomic E-state index is -4.60. The summed E-state index contributed by atoms with van der Waals surface area (Å²) in [5.41, 5.74) is -0.861. The van der Waals surface area contributed by atoms with Crippen LogP contribution in [0.2, 0.25) is 0 Å². The Hall–Kier alpha value is -2.61. The Labute approximate surface area is 147 Å². The van der Waals surface area contributed by atoms with E-state index in [0.717, 1.165) is 24.5 Å². The van der Waals surface area contributed by atoms with Crippen LogP contribution in [0.1, 0.15) is 27.2 Å². The van der Waals surface area contributed by atoms with Crippen LogP contribution in [0.3, 0.4) is 0 Å². The number of carbonyl (C=O) groups is 1. The maximum atomic E-state index is 13.0. The highest BCUT2D eigenvalue weighted by Crippen LogP contribution is 2.35. The SMILES string of the molecule is CS(=O)(=O)Cc1oc2ccc(C(F)(F)F)cc2c1C(=O)c1ccccc1. The van der Waals surface area contributed by atoms with E-state index in [1.54, 1.807) is 18.2 Å². The molecule has 3 aromatic rings. The van der Waals surface area contributed by atoms with Crippen molar-refractivity contribution in [1.29, 1.82) is 0 Å². The number of hydrogen-bond donors (Lipinski definition) is 0. The Bertz CT molecular complexity index is 1080. The van der Waals surface area contributed by atoms with Gasteiger partial charge in [0.05, 0.1) is 11.1 Å². The van der Waals surface area contributed by atoms with Gasteiger partial charge >= 0.3 is 6.18 Å². The standard InChI is InChI=1S/C18H13F3O4S/c1-26(23,24)10-15-16(17(22)11-5-3-2-4-6-11)13-9-12(18(19,20)21)7-8-14(13)25-15/h2-9H,10H2,1H3. The number of furan rings is 1. The number of alkyl halides is 3. The van der Waals surface area contributed by atoms with Crippen LogP contribution in [-0.2, 0) is 21.8 Å². The van der Waals surface area contributed by atoms with Gasteiger partial charge in [0.15, 0.2) is 15.6 Å². The van der Waals surface area contributed by atoms with Crippen LogP contribution >= 0.6 is 0 Å². The van der Waals surface area contributed by atoms with Gasteiger partial charge in [-0.25, -0.2) is 8.42 Å². The molecule has 1 aromatic heterocycles. The summed E-state index contributed by atoms with van der Waals surface area (Å²) in [7, 11) is -3.57. The summed E-state index contributed by atoms with van der Waals surface area (Å²) >= 11 is 0. The first-order valence-electron chi connectivity index (χ1n) is 7.46. The summed E-state index contributed by atoms with van der Waals surface area (Å²) in [6.45, 7) is 0. The van der Waals surface area contributed by atoms with Gasteiger partial charge in [-0.05, 0) is 18.2 Å². The molecule has 2 aromatic carbocycles. The zero-order valence-electron chi connectivity index (χ0n) is 13.5. The van der Waals surface area contributed by atoms with Gasteiger partial charge in [0.1, 0.15) is 17.1 Å². The van der Waals surface area contributed by atoms with Gasteiger partial charge in [0.25, 0.3) is 0 Å². The molecular formula is C18H13F3O4S. The number of hydrogen-bond acceptors (Lipinski definition) is 4. The van der Waals surface area contributed by atoms with Crippen LogP contribution in [0.5, 0.6) is 0 Å². The predicted octanol–water partition coefficient (Wildman–Crippen LogP) is 4.23. The van der Waals surface area contributed by atoms with Crippen molar-refractivity contribution < 1.29 is 30.8 Å². The highest BCUT2D eigenvalue weighted by molar-refractivity contribution is 7.89. The van der Waals surface area contributed by atoms with E-state index >= 15 is 0 Å². The zero-order chi connectivity index (χ0) is 19.1. The molecule has 1 heterocycles. The summed E-state index contributed by atoms with van der Waals surface area (Å²) in [5, 5.41) is -0.0627. The van der Waals surface area contributed by atoms with Crippen molar-refractivity contribution in [3.8, 4) is 0 Å². The Kier molecular flexibility index (Phi) is 4.39. The van der Waals surface area contributed by atoms with Crippen LogP contribution < -0.4 is 0 Å². The second-order valence-corrected chi connectivity index (χ2v) is 8.01. The molecule has 0 N–H and O–H groups in total. The van der Waals surface area contributed by atoms with E-state index in [9.17, 15) is 26.4 Å². The average molecular weight is 382 g/mol. The fourth-order valence-corrected chi connectivity index (χ4v) is 3.33. The molecule has 26 heavy (non-hydrogen) atoms. The van der Waals surface area contributed by atoms with E-state index in [0.29, 0.717) is 0 Å². The molecule has 0 spiro atoms. The highest BCUT2D eigenvalue weighted by atomic mass is 32.2. The lowest BCUT2D eigenvalue weighted by molar-refractivity contribution is -0.137. The molecule has 0 aliphatic heterocycles. The number of halogens is 3. The largest absolute Gasteiger partial charge is 0.459 e. The lowest BCUT2D eigenvalue weighted by Crippen LogP contribution is -2.08. The van der Waals surface area contributed by atoms with Crippen molar-refractivity contribution in [3.63, 3.8) is 0 Å². The molecule has 136 valence electrons. The Morgan fingerprint density at radius 2 is 1.73 bits per heavy atom. The second-order valence-electron chi connectivity index (χ2n) is 5.87. The predicted molar refractivity (Wildman–Crippen MR) is 89.6 cm³/mol. The topological polar surface area (TPSA) is 64.3 Å². The van der Waals surface area contributed by atoms with E-state index in [1.807, 2.05) is 0 Å². The highest BCUT2D eigenvalue weighted by Gasteiger charge is 2.32. The summed E-state index contributed by atoms with van der Waals surface area (Å²) in [5.74, 6) is -1.35. The number of ketones is 1. The molecule has 0 radical (unpaired) electrons. The van der Waals surface area contributed by atoms with Gasteiger partial charge in [0.2, 0.25) is 0 Å². The third kappa shape index (κ3) is 3.65. The number of rotatable bonds is 4. The van der Waals surface area contributed by atoms with Crippen molar-refractivity contribution >= 4 is 26.6 Å². The monoisotopic (exact) mass is 382 g/mol. The zero-order valence-corrected chi connectivity index (χ0v) is 14.3. The number of sulfone groups is 1. The maximum absolute atomic E-state index is 13.0. The molecule has 0 aliphatic carbocycles. The molecule has 0 unspecified atom stereocenters. The lowest BCUT2D eigenvalue weighted by Gasteiger charge is -2.06. The number of fused-ring (bicyclic) bond motifs is 1. The Balaban J connectivity index is 2.27. The van der Waals surface area contributed by atoms with Gasteiger partial charge in [-0.1, -0.05) is 30.3 Å². The van der Waals surface area contributed by atoms with E-state index in [1.165, 1.54) is 12.1 Å². The first-order chi connectivity index (χ1) is 12.1. The summed E-state index contributed by atoms with van der Waals surface area (Å²) in [4.78, 5) is 12.9. The fraction of sp³-hybridized carbons (Fsp3) is 0.167. The molecule has 0 fully saturated rings. The lowest BCUT2D eigenvalue weighted by atomic mass is 9.99. The molecule has 0 amide bonds. The van der Waals surface area contributed by atoms with Crippen LogP contribution in [0.4, 0.5) is 13.2 Å². The van der Waals surface area contributed by atoms with Crippen LogP contribution in [0, 0.1) is 0 Å². The summed E-state index contributed by atoms with van der Waals surface area (Å²) in [6.07, 6.45) is -3.65. The smallest absolute Gasteiger partial charge is 0.416 e. The quantitative estimate of drug-likeness (QED) is 0.634. The molecule has 0 bridgehead atoms. The number of benzene rings is 2. The molecule has 0 saturated carbocycles. The van der Waals surface area contributed by atoms with Gasteiger partial charge in [-0.3, -0.25) is 4.79 Å². The molecule has 8 heteroatoms. The molecule has 0 saturated heterocycles. The van der Waals surface area contributed by atoms with Crippen LogP contribution in [-0.4, -0.2) is 20.5 Å². The van der Waals surface area contributed by atoms with Crippen molar-refractivity contribution in [1.82, 2.24) is 0 Å². The Morgan fingerprint density at radius 3 is 2.31 bits per heavy atom. The first kappa shape index (κ1) is 18.2. The third-order valence-corrected chi connectivity index (χ3v) is 4.53. The van der Waals surface area contributed by atoms with Crippen LogP contribution in [0.15, 0.2) is 52.9 Å². The van der Waals surface area contributed by atoms with E-state index in [2.05, 4.69) is 0 Å². The fourth-order valence-electron chi connectivity index (χ4n) is 2.65. The first-order valence-corrected chi connectivity index (χ1v) is 9.52. The minimum absolute atomic E-state index is 0.0240. The third-order valence-electron chi connectivity index (χ3n) is 3.74. The van der Waals surface area contributed by atoms with E-state index in [-0.39, 0.29) is 27.9 Å². The normalized spacial score (nSPS) is 12.5. The molecular weight excluding hydrogens is 369 g/mol. The minimum Gasteiger partial charge on any atom is -0.459 e. The van der Waals surface area contributed by atoms with Crippen molar-refractivity contribution in [2.45, 2.75) is 11.9 Å². The van der Waals surface area contributed by atoms with Gasteiger partial charge < -0.3 is 4.42 Å². The molecule has 0 aliphatic rings. The van der Waals surface area contributed by atoms with Gasteiger partial charge in [-0.2, -0.15) is 13.2 Å². The maximum Gasteiger partial charge on any atom is 0.416 e. The van der Waals surface area contributed by atoms with Crippen molar-refractivity contribution in [2.75, 3.05) is 6.26 Å². The summed E-state index contributed by atoms with van der Waals surface area (Å²) in [6, 6.07) is 10.6. The second kappa shape index (κ2) is 6.28. The van der Waals surface area contributed by atoms with Gasteiger partial charge in [0, 0.05) is 17.2 Å². The summed E-state index contributed by atoms with van der Waals surface area (Å²) < 4.78 is 67.9. The molecule has 4 nitrogen and oxygen atoms in total. The van der Waals surface area contributed by atoms with Gasteiger partial charge in [-0.15, -0.1) is 0 Å². The number of carbonyl (C=O) groups excluding carboxylic acids is 1. The molecule has 0 atom stereocenters. The average Bonchev–Trinajstić information content (AvgIpc) is 2.89. The van der Waals surface area contributed by atoms with Crippen molar-refractivity contribution in [3.05, 3.63) is 71.0 Å². The van der Waals surface area contributed by atoms with E-state index < -0.39 is 33.1 Å². The molecule has 3 rings (SSSR count). The van der Waals surface area contributed by atoms with E-state index in [4.69, 9.17) is 4.42 Å². The Morgan fingerprint density at radius 1 is 1.08 bits per heavy atom. The van der Waals surface area contributed by atoms with Crippen LogP contribution in [0.25, 0.3) is 11.0 Å². The van der Waals surface area contributed by atoms with Crippen molar-refractivity contribution in [2.24, 2.45) is 0 Å².